The molecule has 0 unspecified atom stereocenters. The third-order valence-corrected chi connectivity index (χ3v) is 2.61. The minimum absolute atomic E-state index is 0.0205. The molecule has 5 heteroatoms. The van der Waals surface area contributed by atoms with E-state index in [4.69, 9.17) is 15.6 Å². The van der Waals surface area contributed by atoms with Gasteiger partial charge in [-0.25, -0.2) is 0 Å². The zero-order chi connectivity index (χ0) is 13.9. The molecule has 5 nitrogen and oxygen atoms in total. The molecular weight excluding hydrogens is 244 g/mol. The van der Waals surface area contributed by atoms with Gasteiger partial charge in [0.1, 0.15) is 5.75 Å². The fraction of sp³-hybridized carbons (Fsp3) is 0.500. The molecular formula is C14H22N2O3. The van der Waals surface area contributed by atoms with Gasteiger partial charge >= 0.3 is 0 Å². The first-order chi connectivity index (χ1) is 9.22. The van der Waals surface area contributed by atoms with Crippen molar-refractivity contribution in [2.24, 2.45) is 0 Å². The second-order valence-corrected chi connectivity index (χ2v) is 4.31. The summed E-state index contributed by atoms with van der Waals surface area (Å²) in [6, 6.07) is 7.13. The maximum absolute atomic E-state index is 11.5. The normalized spacial score (nSPS) is 10.2. The van der Waals surface area contributed by atoms with E-state index >= 15 is 0 Å². The highest BCUT2D eigenvalue weighted by molar-refractivity contribution is 5.75. The summed E-state index contributed by atoms with van der Waals surface area (Å²) in [7, 11) is 0. The molecule has 106 valence electrons. The lowest BCUT2D eigenvalue weighted by molar-refractivity contribution is -0.121. The van der Waals surface area contributed by atoms with Gasteiger partial charge < -0.3 is 20.9 Å². The van der Waals surface area contributed by atoms with Crippen LogP contribution >= 0.6 is 0 Å². The topological polar surface area (TPSA) is 84.6 Å². The molecule has 0 radical (unpaired) electrons. The average Bonchev–Trinajstić information content (AvgIpc) is 2.38. The number of hydrogen-bond acceptors (Lipinski definition) is 4. The van der Waals surface area contributed by atoms with Gasteiger partial charge in [-0.1, -0.05) is 6.07 Å². The zero-order valence-electron chi connectivity index (χ0n) is 11.1. The van der Waals surface area contributed by atoms with Crippen molar-refractivity contribution in [3.05, 3.63) is 24.3 Å². The standard InChI is InChI=1S/C14H22N2O3/c15-12-5-4-6-13(11-12)19-10-7-14(18)16-8-2-1-3-9-17/h4-6,11,17H,1-3,7-10,15H2,(H,16,18). The number of nitrogens with one attached hydrogen (secondary N) is 1. The number of nitrogen functional groups attached to an aromatic ring is 1. The molecule has 1 rings (SSSR count). The second kappa shape index (κ2) is 9.22. The summed E-state index contributed by atoms with van der Waals surface area (Å²) in [5.41, 5.74) is 6.26. The quantitative estimate of drug-likeness (QED) is 0.465. The van der Waals surface area contributed by atoms with Crippen molar-refractivity contribution < 1.29 is 14.6 Å². The number of hydrogen-bond donors (Lipinski definition) is 3. The maximum Gasteiger partial charge on any atom is 0.223 e. The molecule has 1 aromatic carbocycles. The fourth-order valence-corrected chi connectivity index (χ4v) is 1.60. The fourth-order valence-electron chi connectivity index (χ4n) is 1.60. The highest BCUT2D eigenvalue weighted by atomic mass is 16.5. The zero-order valence-corrected chi connectivity index (χ0v) is 11.1. The predicted octanol–water partition coefficient (Wildman–Crippen LogP) is 1.32. The molecule has 1 aromatic rings. The van der Waals surface area contributed by atoms with Crippen molar-refractivity contribution in [3.63, 3.8) is 0 Å². The Morgan fingerprint density at radius 1 is 1.32 bits per heavy atom. The molecule has 0 aromatic heterocycles. The number of amides is 1. The monoisotopic (exact) mass is 266 g/mol. The van der Waals surface area contributed by atoms with Crippen LogP contribution in [0.15, 0.2) is 24.3 Å². The lowest BCUT2D eigenvalue weighted by Gasteiger charge is -2.07. The van der Waals surface area contributed by atoms with Gasteiger partial charge in [0.05, 0.1) is 13.0 Å². The highest BCUT2D eigenvalue weighted by Gasteiger charge is 2.01. The van der Waals surface area contributed by atoms with Crippen molar-refractivity contribution in [3.8, 4) is 5.75 Å². The van der Waals surface area contributed by atoms with Gasteiger partial charge in [-0.3, -0.25) is 4.79 Å². The summed E-state index contributed by atoms with van der Waals surface area (Å²) >= 11 is 0. The first-order valence-corrected chi connectivity index (χ1v) is 6.58. The second-order valence-electron chi connectivity index (χ2n) is 4.31. The molecule has 0 aliphatic carbocycles. The molecule has 0 heterocycles. The summed E-state index contributed by atoms with van der Waals surface area (Å²) in [5.74, 6) is 0.656. The number of aliphatic hydroxyl groups is 1. The number of ether oxygens (including phenoxy) is 1. The van der Waals surface area contributed by atoms with Crippen LogP contribution in [0.3, 0.4) is 0 Å². The SMILES string of the molecule is Nc1cccc(OCCC(=O)NCCCCCO)c1. The first kappa shape index (κ1) is 15.3. The van der Waals surface area contributed by atoms with Gasteiger partial charge in [0.15, 0.2) is 0 Å². The Hall–Kier alpha value is -1.75. The molecule has 0 saturated carbocycles. The van der Waals surface area contributed by atoms with Crippen molar-refractivity contribution in [2.45, 2.75) is 25.7 Å². The molecule has 4 N–H and O–H groups in total. The number of benzene rings is 1. The summed E-state index contributed by atoms with van der Waals surface area (Å²) in [6.07, 6.45) is 2.93. The smallest absolute Gasteiger partial charge is 0.223 e. The lowest BCUT2D eigenvalue weighted by Crippen LogP contribution is -2.25. The van der Waals surface area contributed by atoms with E-state index in [1.165, 1.54) is 0 Å². The third-order valence-electron chi connectivity index (χ3n) is 2.61. The lowest BCUT2D eigenvalue weighted by atomic mass is 10.2. The molecule has 0 atom stereocenters. The molecule has 0 aliphatic heterocycles. The van der Waals surface area contributed by atoms with Gasteiger partial charge in [-0.05, 0) is 31.4 Å². The van der Waals surface area contributed by atoms with Crippen LogP contribution in [0.1, 0.15) is 25.7 Å². The number of carbonyl (C=O) groups excluding carboxylic acids is 1. The Bertz CT molecular complexity index is 383. The van der Waals surface area contributed by atoms with E-state index in [1.54, 1.807) is 12.1 Å². The summed E-state index contributed by atoms with van der Waals surface area (Å²) < 4.78 is 5.43. The molecule has 1 amide bonds. The molecule has 0 saturated heterocycles. The summed E-state index contributed by atoms with van der Waals surface area (Å²) in [4.78, 5) is 11.5. The number of anilines is 1. The maximum atomic E-state index is 11.5. The van der Waals surface area contributed by atoms with Crippen molar-refractivity contribution in [1.29, 1.82) is 0 Å². The summed E-state index contributed by atoms with van der Waals surface area (Å²) in [5, 5.41) is 11.4. The predicted molar refractivity (Wildman–Crippen MR) is 74.9 cm³/mol. The Kier molecular flexibility index (Phi) is 7.43. The number of carbonyl (C=O) groups is 1. The van der Waals surface area contributed by atoms with E-state index in [9.17, 15) is 4.79 Å². The highest BCUT2D eigenvalue weighted by Crippen LogP contribution is 2.14. The Balaban J connectivity index is 2.07. The minimum atomic E-state index is -0.0205. The van der Waals surface area contributed by atoms with Gasteiger partial charge in [0, 0.05) is 24.9 Å². The Morgan fingerprint density at radius 3 is 2.89 bits per heavy atom. The van der Waals surface area contributed by atoms with E-state index in [0.717, 1.165) is 19.3 Å². The van der Waals surface area contributed by atoms with Crippen LogP contribution in [0, 0.1) is 0 Å². The van der Waals surface area contributed by atoms with E-state index < -0.39 is 0 Å². The molecule has 0 aliphatic rings. The van der Waals surface area contributed by atoms with E-state index in [-0.39, 0.29) is 12.5 Å². The van der Waals surface area contributed by atoms with Gasteiger partial charge in [0.25, 0.3) is 0 Å². The van der Waals surface area contributed by atoms with Crippen molar-refractivity contribution in [1.82, 2.24) is 5.32 Å². The number of aliphatic hydroxyl groups excluding tert-OH is 1. The summed E-state index contributed by atoms with van der Waals surface area (Å²) in [6.45, 7) is 1.20. The Morgan fingerprint density at radius 2 is 2.16 bits per heavy atom. The van der Waals surface area contributed by atoms with Crippen LogP contribution in [-0.2, 0) is 4.79 Å². The van der Waals surface area contributed by atoms with Crippen LogP contribution in [0.5, 0.6) is 5.75 Å². The molecule has 0 bridgehead atoms. The van der Waals surface area contributed by atoms with Crippen molar-refractivity contribution in [2.75, 3.05) is 25.5 Å². The number of unbranched alkanes of at least 4 members (excludes halogenated alkanes) is 2. The Labute approximate surface area is 113 Å². The van der Waals surface area contributed by atoms with Crippen LogP contribution in [0.4, 0.5) is 5.69 Å². The van der Waals surface area contributed by atoms with E-state index in [2.05, 4.69) is 5.32 Å². The van der Waals surface area contributed by atoms with Gasteiger partial charge in [-0.15, -0.1) is 0 Å². The van der Waals surface area contributed by atoms with Crippen LogP contribution in [0.25, 0.3) is 0 Å². The average molecular weight is 266 g/mol. The first-order valence-electron chi connectivity index (χ1n) is 6.58. The van der Waals surface area contributed by atoms with Gasteiger partial charge in [0.2, 0.25) is 5.91 Å². The minimum Gasteiger partial charge on any atom is -0.493 e. The van der Waals surface area contributed by atoms with Crippen LogP contribution < -0.4 is 15.8 Å². The molecule has 0 fully saturated rings. The van der Waals surface area contributed by atoms with E-state index in [1.807, 2.05) is 12.1 Å². The largest absolute Gasteiger partial charge is 0.493 e. The molecule has 19 heavy (non-hydrogen) atoms. The van der Waals surface area contributed by atoms with Crippen LogP contribution in [0.2, 0.25) is 0 Å². The molecule has 0 spiro atoms. The van der Waals surface area contributed by atoms with Gasteiger partial charge in [-0.2, -0.15) is 0 Å². The van der Waals surface area contributed by atoms with Crippen molar-refractivity contribution >= 4 is 11.6 Å². The van der Waals surface area contributed by atoms with Crippen LogP contribution in [-0.4, -0.2) is 30.8 Å². The number of rotatable bonds is 9. The van der Waals surface area contributed by atoms with E-state index in [0.29, 0.717) is 31.0 Å². The third kappa shape index (κ3) is 7.31. The number of nitrogens with two attached hydrogens (primary N) is 1.